The molecule has 0 saturated heterocycles. The monoisotopic (exact) mass is 279 g/mol. The van der Waals surface area contributed by atoms with Crippen LogP contribution in [-0.2, 0) is 6.42 Å². The maximum atomic E-state index is 12.0. The second-order valence-corrected chi connectivity index (χ2v) is 6.42. The zero-order valence-corrected chi connectivity index (χ0v) is 12.7. The summed E-state index contributed by atoms with van der Waals surface area (Å²) in [5.74, 6) is 0.636. The van der Waals surface area contributed by atoms with Crippen molar-refractivity contribution in [2.45, 2.75) is 39.0 Å². The van der Waals surface area contributed by atoms with Gasteiger partial charge < -0.3 is 4.90 Å². The number of Topliss-reactive ketones (excluding diaryl/α,β-unsaturated/α-hetero) is 1. The minimum Gasteiger partial charge on any atom is -0.371 e. The predicted molar refractivity (Wildman–Crippen MR) is 81.5 cm³/mol. The van der Waals surface area contributed by atoms with Crippen LogP contribution < -0.4 is 4.90 Å². The van der Waals surface area contributed by atoms with Crippen LogP contribution in [0.5, 0.6) is 0 Å². The molecule has 1 aromatic rings. The van der Waals surface area contributed by atoms with E-state index < -0.39 is 5.38 Å². The smallest absolute Gasteiger partial charge is 0.180 e. The number of ketones is 1. The molecule has 19 heavy (non-hydrogen) atoms. The van der Waals surface area contributed by atoms with E-state index in [1.165, 1.54) is 17.7 Å². The average Bonchev–Trinajstić information content (AvgIpc) is 2.37. The molecule has 0 aromatic heterocycles. The number of rotatable bonds is 4. The van der Waals surface area contributed by atoms with Crippen molar-refractivity contribution in [3.05, 3.63) is 29.3 Å². The van der Waals surface area contributed by atoms with Gasteiger partial charge in [-0.05, 0) is 37.3 Å². The van der Waals surface area contributed by atoms with Crippen LogP contribution in [-0.4, -0.2) is 24.2 Å². The first-order valence-electron chi connectivity index (χ1n) is 7.05. The van der Waals surface area contributed by atoms with E-state index in [4.69, 9.17) is 11.6 Å². The van der Waals surface area contributed by atoms with Crippen molar-refractivity contribution < 1.29 is 4.79 Å². The van der Waals surface area contributed by atoms with Crippen molar-refractivity contribution in [3.8, 4) is 0 Å². The number of hydrogen-bond acceptors (Lipinski definition) is 2. The van der Waals surface area contributed by atoms with E-state index in [-0.39, 0.29) is 5.78 Å². The van der Waals surface area contributed by atoms with Gasteiger partial charge in [-0.2, -0.15) is 0 Å². The summed E-state index contributed by atoms with van der Waals surface area (Å²) in [6.45, 7) is 8.31. The van der Waals surface area contributed by atoms with E-state index >= 15 is 0 Å². The number of benzene rings is 1. The lowest BCUT2D eigenvalue weighted by Crippen LogP contribution is -2.33. The zero-order chi connectivity index (χ0) is 14.0. The number of fused-ring (bicyclic) bond motifs is 1. The van der Waals surface area contributed by atoms with E-state index in [0.29, 0.717) is 5.92 Å². The summed E-state index contributed by atoms with van der Waals surface area (Å²) in [7, 11) is 0. The molecule has 1 aliphatic rings. The van der Waals surface area contributed by atoms with Gasteiger partial charge in [-0.1, -0.05) is 26.0 Å². The number of alkyl halides is 1. The second kappa shape index (κ2) is 5.96. The lowest BCUT2D eigenvalue weighted by atomic mass is 9.97. The lowest BCUT2D eigenvalue weighted by molar-refractivity contribution is 0.0992. The van der Waals surface area contributed by atoms with E-state index in [9.17, 15) is 4.79 Å². The van der Waals surface area contributed by atoms with Gasteiger partial charge in [0, 0.05) is 24.3 Å². The van der Waals surface area contributed by atoms with Crippen molar-refractivity contribution in [2.24, 2.45) is 5.92 Å². The maximum Gasteiger partial charge on any atom is 0.180 e. The molecule has 104 valence electrons. The van der Waals surface area contributed by atoms with Crippen LogP contribution in [0, 0.1) is 5.92 Å². The summed E-state index contributed by atoms with van der Waals surface area (Å²) >= 11 is 5.90. The highest BCUT2D eigenvalue weighted by molar-refractivity contribution is 6.33. The van der Waals surface area contributed by atoms with Crippen LogP contribution in [0.3, 0.4) is 0 Å². The molecule has 0 spiro atoms. The first-order chi connectivity index (χ1) is 8.99. The number of anilines is 1. The fourth-order valence-corrected chi connectivity index (χ4v) is 2.79. The predicted octanol–water partition coefficient (Wildman–Crippen LogP) is 3.91. The van der Waals surface area contributed by atoms with Crippen LogP contribution in [0.1, 0.15) is 43.1 Å². The van der Waals surface area contributed by atoms with Crippen molar-refractivity contribution in [3.63, 3.8) is 0 Å². The Morgan fingerprint density at radius 1 is 1.37 bits per heavy atom. The van der Waals surface area contributed by atoms with E-state index in [2.05, 4.69) is 24.8 Å². The summed E-state index contributed by atoms with van der Waals surface area (Å²) in [5.41, 5.74) is 3.31. The fourth-order valence-electron chi connectivity index (χ4n) is 2.66. The van der Waals surface area contributed by atoms with Crippen molar-refractivity contribution in [1.29, 1.82) is 0 Å². The highest BCUT2D eigenvalue weighted by atomic mass is 35.5. The Kier molecular flexibility index (Phi) is 4.51. The Labute approximate surface area is 120 Å². The lowest BCUT2D eigenvalue weighted by Gasteiger charge is -2.33. The molecule has 0 fully saturated rings. The standard InChI is InChI=1S/C16H22ClNO/c1-11(2)10-18-8-4-5-13-6-7-14(9-15(13)18)16(19)12(3)17/h6-7,9,11-12H,4-5,8,10H2,1-3H3. The molecule has 1 atom stereocenters. The largest absolute Gasteiger partial charge is 0.371 e. The molecule has 2 rings (SSSR count). The van der Waals surface area contributed by atoms with Gasteiger partial charge in [0.05, 0.1) is 5.38 Å². The van der Waals surface area contributed by atoms with Gasteiger partial charge in [-0.25, -0.2) is 0 Å². The van der Waals surface area contributed by atoms with Gasteiger partial charge in [0.2, 0.25) is 0 Å². The van der Waals surface area contributed by atoms with Gasteiger partial charge in [0.25, 0.3) is 0 Å². The minimum atomic E-state index is -0.458. The average molecular weight is 280 g/mol. The molecule has 0 saturated carbocycles. The summed E-state index contributed by atoms with van der Waals surface area (Å²) in [6, 6.07) is 6.03. The van der Waals surface area contributed by atoms with E-state index in [1.54, 1.807) is 6.92 Å². The number of carbonyl (C=O) groups excluding carboxylic acids is 1. The SMILES string of the molecule is CC(C)CN1CCCc2ccc(C(=O)C(C)Cl)cc21. The van der Waals surface area contributed by atoms with Crippen LogP contribution in [0.4, 0.5) is 5.69 Å². The topological polar surface area (TPSA) is 20.3 Å². The summed E-state index contributed by atoms with van der Waals surface area (Å²) < 4.78 is 0. The molecule has 0 N–H and O–H groups in total. The number of nitrogens with zero attached hydrogens (tertiary/aromatic N) is 1. The van der Waals surface area contributed by atoms with Crippen LogP contribution in [0.25, 0.3) is 0 Å². The molecule has 1 aromatic carbocycles. The molecule has 0 aliphatic carbocycles. The molecule has 1 heterocycles. The van der Waals surface area contributed by atoms with Gasteiger partial charge in [0.1, 0.15) is 0 Å². The number of hydrogen-bond donors (Lipinski definition) is 0. The maximum absolute atomic E-state index is 12.0. The third-order valence-electron chi connectivity index (χ3n) is 3.53. The van der Waals surface area contributed by atoms with Crippen molar-refractivity contribution in [1.82, 2.24) is 0 Å². The first kappa shape index (κ1) is 14.4. The molecule has 0 bridgehead atoms. The van der Waals surface area contributed by atoms with Crippen molar-refractivity contribution >= 4 is 23.1 Å². The third kappa shape index (κ3) is 3.30. The van der Waals surface area contributed by atoms with Gasteiger partial charge in [-0.15, -0.1) is 11.6 Å². The molecule has 2 nitrogen and oxygen atoms in total. The Morgan fingerprint density at radius 3 is 2.74 bits per heavy atom. The number of aryl methyl sites for hydroxylation is 1. The molecular formula is C16H22ClNO. The molecular weight excluding hydrogens is 258 g/mol. The van der Waals surface area contributed by atoms with Gasteiger partial charge in [0.15, 0.2) is 5.78 Å². The normalized spacial score (nSPS) is 16.4. The first-order valence-corrected chi connectivity index (χ1v) is 7.49. The second-order valence-electron chi connectivity index (χ2n) is 5.77. The van der Waals surface area contributed by atoms with Crippen LogP contribution in [0.15, 0.2) is 18.2 Å². The fraction of sp³-hybridized carbons (Fsp3) is 0.562. The zero-order valence-electron chi connectivity index (χ0n) is 11.9. The van der Waals surface area contributed by atoms with Gasteiger partial charge in [-0.3, -0.25) is 4.79 Å². The summed E-state index contributed by atoms with van der Waals surface area (Å²) in [5, 5.41) is -0.458. The molecule has 1 unspecified atom stereocenters. The summed E-state index contributed by atoms with van der Waals surface area (Å²) in [4.78, 5) is 14.4. The third-order valence-corrected chi connectivity index (χ3v) is 3.73. The molecule has 0 amide bonds. The Morgan fingerprint density at radius 2 is 2.11 bits per heavy atom. The Balaban J connectivity index is 2.32. The quantitative estimate of drug-likeness (QED) is 0.615. The van der Waals surface area contributed by atoms with E-state index in [0.717, 1.165) is 25.1 Å². The minimum absolute atomic E-state index is 0.0135. The van der Waals surface area contributed by atoms with Crippen LogP contribution >= 0.6 is 11.6 Å². The number of halogens is 1. The molecule has 1 aliphatic heterocycles. The van der Waals surface area contributed by atoms with Gasteiger partial charge >= 0.3 is 0 Å². The Hall–Kier alpha value is -1.02. The Bertz CT molecular complexity index is 468. The number of carbonyl (C=O) groups is 1. The highest BCUT2D eigenvalue weighted by Crippen LogP contribution is 2.29. The van der Waals surface area contributed by atoms with Crippen LogP contribution in [0.2, 0.25) is 0 Å². The molecule has 3 heteroatoms. The summed E-state index contributed by atoms with van der Waals surface area (Å²) in [6.07, 6.45) is 2.30. The highest BCUT2D eigenvalue weighted by Gasteiger charge is 2.20. The van der Waals surface area contributed by atoms with Crippen molar-refractivity contribution in [2.75, 3.05) is 18.0 Å². The molecule has 0 radical (unpaired) electrons. The van der Waals surface area contributed by atoms with E-state index in [1.807, 2.05) is 12.1 Å².